The van der Waals surface area contributed by atoms with E-state index in [2.05, 4.69) is 45.9 Å². The molecule has 1 rings (SSSR count). The van der Waals surface area contributed by atoms with Gasteiger partial charge in [-0.3, -0.25) is 9.69 Å². The van der Waals surface area contributed by atoms with Crippen LogP contribution >= 0.6 is 47.0 Å². The third kappa shape index (κ3) is 14.2. The lowest BCUT2D eigenvalue weighted by Gasteiger charge is -2.37. The molecule has 32 heavy (non-hydrogen) atoms. The molecule has 0 radical (unpaired) electrons. The van der Waals surface area contributed by atoms with Crippen molar-refractivity contribution >= 4 is 53.0 Å². The number of hydrogen-bond acceptors (Lipinski definition) is 9. The van der Waals surface area contributed by atoms with Crippen LogP contribution < -0.4 is 16.0 Å². The normalized spacial score (nSPS) is 26.4. The monoisotopic (exact) mass is 526 g/mol. The topological polar surface area (TPSA) is 76.6 Å². The van der Waals surface area contributed by atoms with Gasteiger partial charge in [0.2, 0.25) is 0 Å². The van der Waals surface area contributed by atoms with E-state index < -0.39 is 5.97 Å². The molecule has 6 nitrogen and oxygen atoms in total. The molecule has 0 aliphatic carbocycles. The summed E-state index contributed by atoms with van der Waals surface area (Å²) in [6, 6.07) is 1.40. The zero-order valence-electron chi connectivity index (χ0n) is 20.4. The molecule has 0 spiro atoms. The Kier molecular flexibility index (Phi) is 19.2. The van der Waals surface area contributed by atoms with Gasteiger partial charge < -0.3 is 21.1 Å². The lowest BCUT2D eigenvalue weighted by atomic mass is 10.1. The highest BCUT2D eigenvalue weighted by atomic mass is 32.2. The number of thioether (sulfide) groups is 4. The number of aliphatic carboxylic acids is 1. The van der Waals surface area contributed by atoms with E-state index in [1.807, 2.05) is 47.0 Å². The number of carbonyl (C=O) groups is 1. The zero-order valence-corrected chi connectivity index (χ0v) is 23.7. The second-order valence-corrected chi connectivity index (χ2v) is 12.4. The summed E-state index contributed by atoms with van der Waals surface area (Å²) in [7, 11) is 0. The van der Waals surface area contributed by atoms with Crippen LogP contribution in [0.25, 0.3) is 0 Å². The van der Waals surface area contributed by atoms with Crippen LogP contribution in [-0.4, -0.2) is 121 Å². The van der Waals surface area contributed by atoms with Gasteiger partial charge in [-0.1, -0.05) is 0 Å². The predicted octanol–water partition coefficient (Wildman–Crippen LogP) is 2.64. The molecular formula is C22H46N4O2S4. The first-order valence-electron chi connectivity index (χ1n) is 11.7. The van der Waals surface area contributed by atoms with Gasteiger partial charge in [-0.15, -0.1) is 0 Å². The number of rotatable bonds is 14. The van der Waals surface area contributed by atoms with Crippen molar-refractivity contribution in [1.82, 2.24) is 20.9 Å². The molecule has 4 atom stereocenters. The zero-order chi connectivity index (χ0) is 23.6. The fraction of sp³-hybridized carbons (Fsp3) is 0.955. The van der Waals surface area contributed by atoms with Gasteiger partial charge in [-0.2, -0.15) is 47.0 Å². The lowest BCUT2D eigenvalue weighted by Crippen LogP contribution is -2.56. The minimum Gasteiger partial charge on any atom is -0.480 e. The van der Waals surface area contributed by atoms with Crippen molar-refractivity contribution in [3.05, 3.63) is 0 Å². The minimum absolute atomic E-state index is 0.113. The highest BCUT2D eigenvalue weighted by Gasteiger charge is 2.26. The van der Waals surface area contributed by atoms with Gasteiger partial charge in [0, 0.05) is 50.3 Å². The standard InChI is InChI=1S/C22H46N4O2S4/c1-29-9-5-18-14-24-20(7-11-31-3)16-26(17-22(27)28)21(8-12-32-4)15-25-19(13-23-18)6-10-30-2/h18-21,23-25H,5-17H2,1-4H3,(H,27,28)/t18-,19-,20-,21-/m0/s1. The van der Waals surface area contributed by atoms with Crippen LogP contribution in [-0.2, 0) is 4.79 Å². The van der Waals surface area contributed by atoms with Crippen LogP contribution in [0.3, 0.4) is 0 Å². The molecule has 0 aromatic heterocycles. The van der Waals surface area contributed by atoms with Gasteiger partial charge in [0.25, 0.3) is 0 Å². The van der Waals surface area contributed by atoms with Crippen molar-refractivity contribution in [2.24, 2.45) is 0 Å². The fourth-order valence-corrected chi connectivity index (χ4v) is 6.05. The summed E-state index contributed by atoms with van der Waals surface area (Å²) in [5.74, 6) is 3.70. The van der Waals surface area contributed by atoms with E-state index in [1.165, 1.54) is 0 Å². The Morgan fingerprint density at radius 3 is 1.69 bits per heavy atom. The summed E-state index contributed by atoms with van der Waals surface area (Å²) in [5, 5.41) is 21.1. The molecule has 1 saturated heterocycles. The second kappa shape index (κ2) is 20.0. The van der Waals surface area contributed by atoms with Gasteiger partial charge in [-0.25, -0.2) is 0 Å². The molecule has 1 aliphatic heterocycles. The molecule has 1 fully saturated rings. The third-order valence-electron chi connectivity index (χ3n) is 5.92. The van der Waals surface area contributed by atoms with Crippen molar-refractivity contribution < 1.29 is 9.90 Å². The van der Waals surface area contributed by atoms with Crippen LogP contribution in [0.1, 0.15) is 25.7 Å². The number of nitrogens with one attached hydrogen (secondary N) is 3. The Hall–Kier alpha value is 0.710. The van der Waals surface area contributed by atoms with Gasteiger partial charge in [0.15, 0.2) is 0 Å². The molecule has 1 heterocycles. The third-order valence-corrected chi connectivity index (χ3v) is 8.50. The maximum atomic E-state index is 11.8. The van der Waals surface area contributed by atoms with Gasteiger partial charge in [0.1, 0.15) is 0 Å². The van der Waals surface area contributed by atoms with Crippen molar-refractivity contribution in [3.63, 3.8) is 0 Å². The molecule has 190 valence electrons. The van der Waals surface area contributed by atoms with Crippen LogP contribution in [0.5, 0.6) is 0 Å². The summed E-state index contributed by atoms with van der Waals surface area (Å²) in [6.45, 7) is 3.65. The molecule has 0 amide bonds. The summed E-state index contributed by atoms with van der Waals surface area (Å²) < 4.78 is 0. The Balaban J connectivity index is 3.05. The SMILES string of the molecule is CSCC[C@H]1CN[C@@H](CCSC)CN(CC(=O)O)[C@@H](CCSC)CN[C@@H](CCSC)CN1. The fourth-order valence-electron chi connectivity index (χ4n) is 3.98. The molecule has 4 N–H and O–H groups in total. The summed E-state index contributed by atoms with van der Waals surface area (Å²) >= 11 is 7.50. The second-order valence-electron chi connectivity index (χ2n) is 8.42. The first kappa shape index (κ1) is 30.7. The van der Waals surface area contributed by atoms with Crippen LogP contribution in [0.15, 0.2) is 0 Å². The highest BCUT2D eigenvalue weighted by molar-refractivity contribution is 7.99. The number of hydrogen-bond donors (Lipinski definition) is 4. The van der Waals surface area contributed by atoms with Crippen molar-refractivity contribution in [2.45, 2.75) is 49.9 Å². The molecule has 0 aromatic carbocycles. The van der Waals surface area contributed by atoms with Crippen LogP contribution in [0.2, 0.25) is 0 Å². The van der Waals surface area contributed by atoms with Crippen molar-refractivity contribution in [1.29, 1.82) is 0 Å². The van der Waals surface area contributed by atoms with Crippen LogP contribution in [0.4, 0.5) is 0 Å². The van der Waals surface area contributed by atoms with E-state index in [-0.39, 0.29) is 12.6 Å². The largest absolute Gasteiger partial charge is 0.480 e. The maximum absolute atomic E-state index is 11.8. The molecule has 0 unspecified atom stereocenters. The van der Waals surface area contributed by atoms with E-state index in [0.717, 1.165) is 74.9 Å². The summed E-state index contributed by atoms with van der Waals surface area (Å²) in [5.41, 5.74) is 0. The predicted molar refractivity (Wildman–Crippen MR) is 150 cm³/mol. The Morgan fingerprint density at radius 2 is 1.19 bits per heavy atom. The molecule has 1 aliphatic rings. The summed E-state index contributed by atoms with van der Waals surface area (Å²) in [4.78, 5) is 14.0. The van der Waals surface area contributed by atoms with Crippen LogP contribution in [0, 0.1) is 0 Å². The van der Waals surface area contributed by atoms with E-state index in [9.17, 15) is 9.90 Å². The quantitative estimate of drug-likeness (QED) is 0.271. The molecule has 10 heteroatoms. The number of carboxylic acids is 1. The van der Waals surface area contributed by atoms with Crippen molar-refractivity contribution in [2.75, 3.05) is 80.8 Å². The molecule has 0 aromatic rings. The molecular weight excluding hydrogens is 481 g/mol. The Morgan fingerprint density at radius 1 is 0.750 bits per heavy atom. The summed E-state index contributed by atoms with van der Waals surface area (Å²) in [6.07, 6.45) is 13.0. The maximum Gasteiger partial charge on any atom is 0.317 e. The minimum atomic E-state index is -0.728. The number of carboxylic acid groups (broad SMARTS) is 1. The smallest absolute Gasteiger partial charge is 0.317 e. The average molecular weight is 527 g/mol. The highest BCUT2D eigenvalue weighted by Crippen LogP contribution is 2.13. The van der Waals surface area contributed by atoms with E-state index in [1.54, 1.807) is 0 Å². The Bertz CT molecular complexity index is 479. The van der Waals surface area contributed by atoms with Crippen molar-refractivity contribution in [3.8, 4) is 0 Å². The van der Waals surface area contributed by atoms with Gasteiger partial charge in [-0.05, 0) is 73.7 Å². The molecule has 0 saturated carbocycles. The average Bonchev–Trinajstić information content (AvgIpc) is 2.77. The lowest BCUT2D eigenvalue weighted by molar-refractivity contribution is -0.139. The van der Waals surface area contributed by atoms with Gasteiger partial charge in [0.05, 0.1) is 6.54 Å². The Labute approximate surface area is 213 Å². The molecule has 0 bridgehead atoms. The van der Waals surface area contributed by atoms with Gasteiger partial charge >= 0.3 is 5.97 Å². The van der Waals surface area contributed by atoms with E-state index in [0.29, 0.717) is 18.1 Å². The van der Waals surface area contributed by atoms with E-state index >= 15 is 0 Å². The van der Waals surface area contributed by atoms with E-state index in [4.69, 9.17) is 0 Å². The first-order valence-corrected chi connectivity index (χ1v) is 17.2. The first-order chi connectivity index (χ1) is 15.5. The number of nitrogens with zero attached hydrogens (tertiary/aromatic N) is 1.